The number of nitro groups is 1. The van der Waals surface area contributed by atoms with Gasteiger partial charge in [0.1, 0.15) is 11.1 Å². The Labute approximate surface area is 98.0 Å². The monoisotopic (exact) mass is 233 g/mol. The highest BCUT2D eigenvalue weighted by atomic mass is 16.6. The van der Waals surface area contributed by atoms with Crippen molar-refractivity contribution in [2.45, 2.75) is 19.4 Å². The van der Waals surface area contributed by atoms with Crippen molar-refractivity contribution in [2.75, 3.05) is 0 Å². The van der Waals surface area contributed by atoms with E-state index in [1.165, 1.54) is 38.1 Å². The summed E-state index contributed by atoms with van der Waals surface area (Å²) in [5.74, 6) is -0.635. The average molecular weight is 233 g/mol. The lowest BCUT2D eigenvalue weighted by atomic mass is 10.1. The zero-order valence-corrected chi connectivity index (χ0v) is 9.43. The minimum absolute atomic E-state index is 0.0548. The minimum atomic E-state index is -1.07. The van der Waals surface area contributed by atoms with Gasteiger partial charge in [-0.2, -0.15) is 5.26 Å². The Morgan fingerprint density at radius 2 is 2.06 bits per heavy atom. The number of hydrogen-bond donors (Lipinski definition) is 1. The number of nitriles is 1. The van der Waals surface area contributed by atoms with Crippen LogP contribution in [0.3, 0.4) is 0 Å². The fourth-order valence-electron chi connectivity index (χ4n) is 1.20. The Morgan fingerprint density at radius 3 is 2.59 bits per heavy atom. The van der Waals surface area contributed by atoms with Gasteiger partial charge in [0, 0.05) is 6.07 Å². The van der Waals surface area contributed by atoms with Gasteiger partial charge in [-0.25, -0.2) is 0 Å². The molecule has 0 fully saturated rings. The summed E-state index contributed by atoms with van der Waals surface area (Å²) < 4.78 is 0. The molecule has 6 nitrogen and oxygen atoms in total. The van der Waals surface area contributed by atoms with Crippen molar-refractivity contribution in [3.8, 4) is 6.07 Å². The normalized spacial score (nSPS) is 10.4. The molecule has 1 N–H and O–H groups in total. The topological polar surface area (TPSA) is 96.0 Å². The number of nitrogens with one attached hydrogen (secondary N) is 1. The molecule has 0 aromatic heterocycles. The Balaban J connectivity index is 3.06. The molecule has 1 amide bonds. The molecule has 0 atom stereocenters. The van der Waals surface area contributed by atoms with Gasteiger partial charge in [0.15, 0.2) is 0 Å². The van der Waals surface area contributed by atoms with E-state index in [-0.39, 0.29) is 11.3 Å². The minimum Gasteiger partial charge on any atom is -0.334 e. The number of nitro benzene ring substituents is 1. The molecule has 0 radical (unpaired) electrons. The maximum atomic E-state index is 11.8. The molecule has 0 unspecified atom stereocenters. The largest absolute Gasteiger partial charge is 0.334 e. The molecular weight excluding hydrogens is 222 g/mol. The molecular formula is C11H11N3O3. The third-order valence-corrected chi connectivity index (χ3v) is 2.05. The van der Waals surface area contributed by atoms with Crippen molar-refractivity contribution in [1.82, 2.24) is 5.32 Å². The Bertz CT molecular complexity index is 503. The molecule has 1 aromatic carbocycles. The van der Waals surface area contributed by atoms with E-state index in [1.807, 2.05) is 6.07 Å². The van der Waals surface area contributed by atoms with E-state index >= 15 is 0 Å². The number of benzene rings is 1. The Hall–Kier alpha value is -2.42. The van der Waals surface area contributed by atoms with Crippen LogP contribution in [0.5, 0.6) is 0 Å². The van der Waals surface area contributed by atoms with Crippen molar-refractivity contribution < 1.29 is 9.72 Å². The van der Waals surface area contributed by atoms with Gasteiger partial charge in [-0.1, -0.05) is 12.1 Å². The SMILES string of the molecule is CC(C)(C#N)NC(=O)c1ccccc1[N+](=O)[O-]. The van der Waals surface area contributed by atoms with Crippen LogP contribution in [0.4, 0.5) is 5.69 Å². The maximum Gasteiger partial charge on any atom is 0.282 e. The van der Waals surface area contributed by atoms with E-state index in [0.29, 0.717) is 0 Å². The molecule has 88 valence electrons. The highest BCUT2D eigenvalue weighted by molar-refractivity contribution is 5.98. The van der Waals surface area contributed by atoms with Crippen molar-refractivity contribution in [3.63, 3.8) is 0 Å². The van der Waals surface area contributed by atoms with Gasteiger partial charge in [0.25, 0.3) is 11.6 Å². The Kier molecular flexibility index (Phi) is 3.43. The third-order valence-electron chi connectivity index (χ3n) is 2.05. The van der Waals surface area contributed by atoms with Gasteiger partial charge in [-0.3, -0.25) is 14.9 Å². The molecule has 1 rings (SSSR count). The number of carbonyl (C=O) groups excluding carboxylic acids is 1. The van der Waals surface area contributed by atoms with E-state index < -0.39 is 16.4 Å². The molecule has 0 bridgehead atoms. The van der Waals surface area contributed by atoms with Crippen LogP contribution in [0.15, 0.2) is 24.3 Å². The number of nitrogens with zero attached hydrogens (tertiary/aromatic N) is 2. The molecule has 17 heavy (non-hydrogen) atoms. The average Bonchev–Trinajstić information content (AvgIpc) is 2.28. The summed E-state index contributed by atoms with van der Waals surface area (Å²) in [7, 11) is 0. The first-order valence-corrected chi connectivity index (χ1v) is 4.84. The lowest BCUT2D eigenvalue weighted by Crippen LogP contribution is -2.42. The molecule has 0 aliphatic carbocycles. The molecule has 0 saturated carbocycles. The molecule has 0 aliphatic heterocycles. The molecule has 6 heteroatoms. The molecule has 1 aromatic rings. The van der Waals surface area contributed by atoms with Gasteiger partial charge in [-0.05, 0) is 19.9 Å². The first-order chi connectivity index (χ1) is 7.87. The molecule has 0 spiro atoms. The predicted molar refractivity (Wildman–Crippen MR) is 60.3 cm³/mol. The lowest BCUT2D eigenvalue weighted by molar-refractivity contribution is -0.385. The number of rotatable bonds is 3. The van der Waals surface area contributed by atoms with E-state index in [4.69, 9.17) is 5.26 Å². The van der Waals surface area contributed by atoms with Crippen LogP contribution in [0, 0.1) is 21.4 Å². The number of hydrogen-bond acceptors (Lipinski definition) is 4. The van der Waals surface area contributed by atoms with Crippen LogP contribution < -0.4 is 5.32 Å². The lowest BCUT2D eigenvalue weighted by Gasteiger charge is -2.17. The second-order valence-electron chi connectivity index (χ2n) is 3.97. The third kappa shape index (κ3) is 3.01. The van der Waals surface area contributed by atoms with Gasteiger partial charge < -0.3 is 5.32 Å². The standard InChI is InChI=1S/C11H11N3O3/c1-11(2,7-12)13-10(15)8-5-3-4-6-9(8)14(16)17/h3-6H,1-2H3,(H,13,15). The van der Waals surface area contributed by atoms with Crippen LogP contribution in [-0.4, -0.2) is 16.4 Å². The second kappa shape index (κ2) is 4.61. The summed E-state index contributed by atoms with van der Waals surface area (Å²) >= 11 is 0. The number of para-hydroxylation sites is 1. The first-order valence-electron chi connectivity index (χ1n) is 4.84. The first kappa shape index (κ1) is 12.6. The van der Waals surface area contributed by atoms with Crippen molar-refractivity contribution in [2.24, 2.45) is 0 Å². The molecule has 0 heterocycles. The summed E-state index contributed by atoms with van der Waals surface area (Å²) in [5.41, 5.74) is -1.40. The highest BCUT2D eigenvalue weighted by Gasteiger charge is 2.25. The zero-order valence-electron chi connectivity index (χ0n) is 9.43. The summed E-state index contributed by atoms with van der Waals surface area (Å²) in [5, 5.41) is 21.9. The predicted octanol–water partition coefficient (Wildman–Crippen LogP) is 1.63. The molecule has 0 aliphatic rings. The van der Waals surface area contributed by atoms with Gasteiger partial charge in [0.2, 0.25) is 0 Å². The second-order valence-corrected chi connectivity index (χ2v) is 3.97. The molecule has 0 saturated heterocycles. The van der Waals surface area contributed by atoms with Crippen molar-refractivity contribution >= 4 is 11.6 Å². The van der Waals surface area contributed by atoms with Crippen LogP contribution in [0.1, 0.15) is 24.2 Å². The smallest absolute Gasteiger partial charge is 0.282 e. The van der Waals surface area contributed by atoms with E-state index in [1.54, 1.807) is 0 Å². The van der Waals surface area contributed by atoms with Gasteiger partial charge in [-0.15, -0.1) is 0 Å². The fraction of sp³-hybridized carbons (Fsp3) is 0.273. The fourth-order valence-corrected chi connectivity index (χ4v) is 1.20. The zero-order chi connectivity index (χ0) is 13.1. The quantitative estimate of drug-likeness (QED) is 0.633. The summed E-state index contributed by atoms with van der Waals surface area (Å²) in [6.45, 7) is 3.03. The maximum absolute atomic E-state index is 11.8. The van der Waals surface area contributed by atoms with Crippen molar-refractivity contribution in [3.05, 3.63) is 39.9 Å². The van der Waals surface area contributed by atoms with Crippen LogP contribution >= 0.6 is 0 Å². The van der Waals surface area contributed by atoms with E-state index in [2.05, 4.69) is 5.32 Å². The van der Waals surface area contributed by atoms with Gasteiger partial charge >= 0.3 is 0 Å². The van der Waals surface area contributed by atoms with Crippen LogP contribution in [0.25, 0.3) is 0 Å². The Morgan fingerprint density at radius 1 is 1.47 bits per heavy atom. The summed E-state index contributed by atoms with van der Waals surface area (Å²) in [6, 6.07) is 7.49. The highest BCUT2D eigenvalue weighted by Crippen LogP contribution is 2.18. The van der Waals surface area contributed by atoms with Crippen LogP contribution in [-0.2, 0) is 0 Å². The van der Waals surface area contributed by atoms with E-state index in [0.717, 1.165) is 0 Å². The number of carbonyl (C=O) groups is 1. The van der Waals surface area contributed by atoms with Gasteiger partial charge in [0.05, 0.1) is 11.0 Å². The van der Waals surface area contributed by atoms with Crippen molar-refractivity contribution in [1.29, 1.82) is 5.26 Å². The van der Waals surface area contributed by atoms with Crippen LogP contribution in [0.2, 0.25) is 0 Å². The number of amides is 1. The summed E-state index contributed by atoms with van der Waals surface area (Å²) in [4.78, 5) is 21.9. The van der Waals surface area contributed by atoms with E-state index in [9.17, 15) is 14.9 Å². The summed E-state index contributed by atoms with van der Waals surface area (Å²) in [6.07, 6.45) is 0.